The van der Waals surface area contributed by atoms with Gasteiger partial charge in [-0.3, -0.25) is 4.79 Å². The van der Waals surface area contributed by atoms with Crippen LogP contribution in [0.5, 0.6) is 0 Å². The minimum absolute atomic E-state index is 0.198. The Hall–Kier alpha value is -0.730. The van der Waals surface area contributed by atoms with Crippen molar-refractivity contribution in [2.24, 2.45) is 0 Å². The first-order chi connectivity index (χ1) is 9.03. The summed E-state index contributed by atoms with van der Waals surface area (Å²) in [6.07, 6.45) is 0.280. The standard InChI is InChI=1S/C15H20Cl2O2/c1-10(8-16)12-4-5-13(7-15(18)19-3)14(6-12)11(2)9-17/h4-6,10-11H,7-9H2,1-3H3. The molecule has 0 saturated carbocycles. The topological polar surface area (TPSA) is 26.3 Å². The molecule has 0 fully saturated rings. The maximum atomic E-state index is 11.4. The number of esters is 1. The Bertz CT molecular complexity index is 432. The van der Waals surface area contributed by atoms with Gasteiger partial charge in [0.15, 0.2) is 0 Å². The molecule has 2 atom stereocenters. The van der Waals surface area contributed by atoms with Gasteiger partial charge in [0.2, 0.25) is 0 Å². The van der Waals surface area contributed by atoms with Crippen molar-refractivity contribution < 1.29 is 9.53 Å². The predicted molar refractivity (Wildman–Crippen MR) is 80.4 cm³/mol. The van der Waals surface area contributed by atoms with E-state index in [4.69, 9.17) is 27.9 Å². The average molecular weight is 303 g/mol. The molecular weight excluding hydrogens is 283 g/mol. The second-order valence-electron chi connectivity index (χ2n) is 4.82. The molecule has 0 bridgehead atoms. The first kappa shape index (κ1) is 16.3. The minimum atomic E-state index is -0.235. The molecule has 1 aromatic rings. The molecule has 1 aromatic carbocycles. The second kappa shape index (κ2) is 7.76. The van der Waals surface area contributed by atoms with E-state index >= 15 is 0 Å². The lowest BCUT2D eigenvalue weighted by Crippen LogP contribution is -2.10. The SMILES string of the molecule is COC(=O)Cc1ccc(C(C)CCl)cc1C(C)CCl. The molecule has 106 valence electrons. The predicted octanol–water partition coefficient (Wildman–Crippen LogP) is 4.09. The Labute approximate surface area is 125 Å². The molecule has 0 radical (unpaired) electrons. The molecular formula is C15H20Cl2O2. The minimum Gasteiger partial charge on any atom is -0.469 e. The number of hydrogen-bond donors (Lipinski definition) is 0. The number of benzene rings is 1. The van der Waals surface area contributed by atoms with Gasteiger partial charge in [0.1, 0.15) is 0 Å². The van der Waals surface area contributed by atoms with Gasteiger partial charge in [-0.05, 0) is 28.5 Å². The number of methoxy groups -OCH3 is 1. The van der Waals surface area contributed by atoms with Gasteiger partial charge >= 0.3 is 5.97 Å². The van der Waals surface area contributed by atoms with Crippen LogP contribution in [0.15, 0.2) is 18.2 Å². The van der Waals surface area contributed by atoms with Gasteiger partial charge in [0.25, 0.3) is 0 Å². The smallest absolute Gasteiger partial charge is 0.309 e. The Morgan fingerprint density at radius 2 is 1.84 bits per heavy atom. The van der Waals surface area contributed by atoms with Crippen LogP contribution in [0.4, 0.5) is 0 Å². The van der Waals surface area contributed by atoms with Gasteiger partial charge in [-0.1, -0.05) is 32.0 Å². The summed E-state index contributed by atoms with van der Waals surface area (Å²) in [5, 5.41) is 0. The molecule has 0 aliphatic carbocycles. The Kier molecular flexibility index (Phi) is 6.67. The van der Waals surface area contributed by atoms with Crippen molar-refractivity contribution in [2.45, 2.75) is 32.1 Å². The van der Waals surface area contributed by atoms with Crippen LogP contribution in [-0.2, 0) is 16.0 Å². The normalized spacial score (nSPS) is 13.9. The van der Waals surface area contributed by atoms with E-state index in [1.165, 1.54) is 12.7 Å². The fourth-order valence-electron chi connectivity index (χ4n) is 1.94. The van der Waals surface area contributed by atoms with Crippen molar-refractivity contribution in [1.82, 2.24) is 0 Å². The van der Waals surface area contributed by atoms with E-state index in [2.05, 4.69) is 19.9 Å². The maximum absolute atomic E-state index is 11.4. The molecule has 0 saturated heterocycles. The summed E-state index contributed by atoms with van der Waals surface area (Å²) in [6, 6.07) is 6.11. The number of halogens is 2. The summed E-state index contributed by atoms with van der Waals surface area (Å²) in [5.41, 5.74) is 3.26. The lowest BCUT2D eigenvalue weighted by Gasteiger charge is -2.17. The quantitative estimate of drug-likeness (QED) is 0.584. The van der Waals surface area contributed by atoms with Crippen LogP contribution >= 0.6 is 23.2 Å². The van der Waals surface area contributed by atoms with Crippen LogP contribution in [0, 0.1) is 0 Å². The van der Waals surface area contributed by atoms with Gasteiger partial charge in [0, 0.05) is 11.8 Å². The third-order valence-corrected chi connectivity index (χ3v) is 4.22. The molecule has 19 heavy (non-hydrogen) atoms. The van der Waals surface area contributed by atoms with Crippen molar-refractivity contribution in [2.75, 3.05) is 18.9 Å². The molecule has 2 nitrogen and oxygen atoms in total. The number of ether oxygens (including phenoxy) is 1. The molecule has 4 heteroatoms. The number of carbonyl (C=O) groups is 1. The van der Waals surface area contributed by atoms with Crippen LogP contribution in [0.2, 0.25) is 0 Å². The molecule has 0 N–H and O–H groups in total. The number of carbonyl (C=O) groups excluding carboxylic acids is 1. The Morgan fingerprint density at radius 1 is 1.21 bits per heavy atom. The third kappa shape index (κ3) is 4.39. The highest BCUT2D eigenvalue weighted by Gasteiger charge is 2.15. The highest BCUT2D eigenvalue weighted by molar-refractivity contribution is 6.18. The number of hydrogen-bond acceptors (Lipinski definition) is 2. The van der Waals surface area contributed by atoms with E-state index in [9.17, 15) is 4.79 Å². The van der Waals surface area contributed by atoms with Crippen LogP contribution in [0.3, 0.4) is 0 Å². The van der Waals surface area contributed by atoms with E-state index < -0.39 is 0 Å². The lowest BCUT2D eigenvalue weighted by atomic mass is 9.90. The first-order valence-electron chi connectivity index (χ1n) is 6.34. The zero-order valence-electron chi connectivity index (χ0n) is 11.6. The summed E-state index contributed by atoms with van der Waals surface area (Å²) >= 11 is 11.9. The zero-order valence-corrected chi connectivity index (χ0v) is 13.1. The molecule has 0 aliphatic heterocycles. The molecule has 0 spiro atoms. The van der Waals surface area contributed by atoms with Gasteiger partial charge in [-0.25, -0.2) is 0 Å². The van der Waals surface area contributed by atoms with Gasteiger partial charge in [-0.2, -0.15) is 0 Å². The van der Waals surface area contributed by atoms with E-state index in [-0.39, 0.29) is 24.2 Å². The number of alkyl halides is 2. The maximum Gasteiger partial charge on any atom is 0.309 e. The summed E-state index contributed by atoms with van der Waals surface area (Å²) in [7, 11) is 1.40. The van der Waals surface area contributed by atoms with E-state index in [0.717, 1.165) is 11.1 Å². The van der Waals surface area contributed by atoms with Crippen molar-refractivity contribution >= 4 is 29.2 Å². The van der Waals surface area contributed by atoms with Crippen molar-refractivity contribution in [3.63, 3.8) is 0 Å². The number of rotatable bonds is 6. The second-order valence-corrected chi connectivity index (χ2v) is 5.44. The lowest BCUT2D eigenvalue weighted by molar-refractivity contribution is -0.139. The summed E-state index contributed by atoms with van der Waals surface area (Å²) in [6.45, 7) is 4.13. The largest absolute Gasteiger partial charge is 0.469 e. The fraction of sp³-hybridized carbons (Fsp3) is 0.533. The van der Waals surface area contributed by atoms with Gasteiger partial charge in [-0.15, -0.1) is 23.2 Å². The summed E-state index contributed by atoms with van der Waals surface area (Å²) < 4.78 is 4.73. The molecule has 2 unspecified atom stereocenters. The molecule has 1 rings (SSSR count). The zero-order chi connectivity index (χ0) is 14.4. The van der Waals surface area contributed by atoms with Gasteiger partial charge in [0.05, 0.1) is 13.5 Å². The van der Waals surface area contributed by atoms with Gasteiger partial charge < -0.3 is 4.74 Å². The van der Waals surface area contributed by atoms with Crippen molar-refractivity contribution in [3.05, 3.63) is 34.9 Å². The highest BCUT2D eigenvalue weighted by atomic mass is 35.5. The fourth-order valence-corrected chi connectivity index (χ4v) is 2.28. The molecule has 0 amide bonds. The van der Waals surface area contributed by atoms with E-state index in [1.807, 2.05) is 12.1 Å². The van der Waals surface area contributed by atoms with Crippen LogP contribution in [0.1, 0.15) is 42.4 Å². The Balaban J connectivity index is 3.12. The Morgan fingerprint density at radius 3 is 2.37 bits per heavy atom. The molecule has 0 heterocycles. The average Bonchev–Trinajstić information content (AvgIpc) is 2.45. The van der Waals surface area contributed by atoms with Crippen molar-refractivity contribution in [3.8, 4) is 0 Å². The van der Waals surface area contributed by atoms with Crippen molar-refractivity contribution in [1.29, 1.82) is 0 Å². The van der Waals surface area contributed by atoms with E-state index in [1.54, 1.807) is 0 Å². The summed E-state index contributed by atoms with van der Waals surface area (Å²) in [5.74, 6) is 1.35. The van der Waals surface area contributed by atoms with E-state index in [0.29, 0.717) is 11.8 Å². The first-order valence-corrected chi connectivity index (χ1v) is 7.41. The van der Waals surface area contributed by atoms with Crippen LogP contribution in [-0.4, -0.2) is 24.8 Å². The third-order valence-electron chi connectivity index (χ3n) is 3.30. The molecule has 0 aromatic heterocycles. The summed E-state index contributed by atoms with van der Waals surface area (Å²) in [4.78, 5) is 11.4. The molecule has 0 aliphatic rings. The monoisotopic (exact) mass is 302 g/mol. The van der Waals surface area contributed by atoms with Crippen LogP contribution in [0.25, 0.3) is 0 Å². The highest BCUT2D eigenvalue weighted by Crippen LogP contribution is 2.27. The van der Waals surface area contributed by atoms with Crippen LogP contribution < -0.4 is 0 Å².